The van der Waals surface area contributed by atoms with Gasteiger partial charge in [0, 0.05) is 48.9 Å². The molecule has 0 atom stereocenters. The van der Waals surface area contributed by atoms with Gasteiger partial charge in [0.2, 0.25) is 5.91 Å². The van der Waals surface area contributed by atoms with Crippen molar-refractivity contribution in [3.63, 3.8) is 0 Å². The highest BCUT2D eigenvalue weighted by molar-refractivity contribution is 7.99. The molecule has 2 aromatic heterocycles. The third-order valence-electron chi connectivity index (χ3n) is 7.07. The normalized spacial score (nSPS) is 14.1. The van der Waals surface area contributed by atoms with Gasteiger partial charge in [0.15, 0.2) is 5.82 Å². The summed E-state index contributed by atoms with van der Waals surface area (Å²) < 4.78 is 7.52. The van der Waals surface area contributed by atoms with Crippen molar-refractivity contribution in [3.05, 3.63) is 93.9 Å². The van der Waals surface area contributed by atoms with Gasteiger partial charge in [0.25, 0.3) is 5.89 Å². The van der Waals surface area contributed by atoms with E-state index in [0.717, 1.165) is 46.2 Å². The van der Waals surface area contributed by atoms with Crippen molar-refractivity contribution in [1.29, 1.82) is 0 Å². The van der Waals surface area contributed by atoms with E-state index in [1.165, 1.54) is 4.90 Å². The topological polar surface area (TPSA) is 73.0 Å². The second-order valence-corrected chi connectivity index (χ2v) is 12.0. The molecule has 0 radical (unpaired) electrons. The first kappa shape index (κ1) is 26.0. The number of nitrogens with one attached hydrogen (secondary N) is 1. The van der Waals surface area contributed by atoms with E-state index in [0.29, 0.717) is 27.4 Å². The number of hydrogen-bond donors (Lipinski definition) is 1. The molecule has 0 bridgehead atoms. The molecule has 39 heavy (non-hydrogen) atoms. The maximum Gasteiger partial charge on any atom is 0.257 e. The number of aromatic nitrogens is 3. The van der Waals surface area contributed by atoms with Gasteiger partial charge in [-0.05, 0) is 74.0 Å². The minimum atomic E-state index is -0.498. The fraction of sp³-hybridized carbons (Fsp3) is 0.233. The van der Waals surface area contributed by atoms with Crippen LogP contribution in [0.4, 0.5) is 5.69 Å². The summed E-state index contributed by atoms with van der Waals surface area (Å²) in [5, 5.41) is 9.26. The molecule has 6 nitrogen and oxygen atoms in total. The van der Waals surface area contributed by atoms with E-state index in [4.69, 9.17) is 27.7 Å². The number of amides is 1. The smallest absolute Gasteiger partial charge is 0.257 e. The highest BCUT2D eigenvalue weighted by Crippen LogP contribution is 2.57. The zero-order valence-corrected chi connectivity index (χ0v) is 23.8. The van der Waals surface area contributed by atoms with Crippen molar-refractivity contribution in [2.45, 2.75) is 43.5 Å². The number of benzene rings is 3. The molecule has 3 aromatic carbocycles. The molecule has 1 saturated carbocycles. The Kier molecular flexibility index (Phi) is 6.91. The molecular weight excluding hydrogens is 551 g/mol. The number of aryl methyl sites for hydroxylation is 1. The van der Waals surface area contributed by atoms with Crippen LogP contribution in [0.3, 0.4) is 0 Å². The summed E-state index contributed by atoms with van der Waals surface area (Å²) in [7, 11) is 0. The third-order valence-corrected chi connectivity index (χ3v) is 8.55. The van der Waals surface area contributed by atoms with Crippen LogP contribution in [-0.4, -0.2) is 26.4 Å². The van der Waals surface area contributed by atoms with E-state index in [1.54, 1.807) is 23.9 Å². The first-order chi connectivity index (χ1) is 18.9. The van der Waals surface area contributed by atoms with Gasteiger partial charge >= 0.3 is 0 Å². The lowest BCUT2D eigenvalue weighted by Gasteiger charge is -2.17. The number of hydrogen-bond acceptors (Lipinski definition) is 5. The second-order valence-electron chi connectivity index (χ2n) is 9.83. The Bertz CT molecular complexity index is 1670. The second kappa shape index (κ2) is 10.4. The lowest BCUT2D eigenvalue weighted by Crippen LogP contribution is -2.19. The largest absolute Gasteiger partial charge is 0.338 e. The summed E-state index contributed by atoms with van der Waals surface area (Å²) in [6, 6.07) is 19.7. The lowest BCUT2D eigenvalue weighted by molar-refractivity contribution is -0.116. The molecule has 2 heterocycles. The number of thioether (sulfide) groups is 1. The highest BCUT2D eigenvalue weighted by Gasteiger charge is 2.52. The Morgan fingerprint density at radius 2 is 1.82 bits per heavy atom. The Morgan fingerprint density at radius 1 is 1.08 bits per heavy atom. The van der Waals surface area contributed by atoms with Gasteiger partial charge in [-0.25, -0.2) is 0 Å². The summed E-state index contributed by atoms with van der Waals surface area (Å²) in [5.41, 5.74) is 3.84. The van der Waals surface area contributed by atoms with E-state index in [9.17, 15) is 4.79 Å². The maximum atomic E-state index is 12.9. The summed E-state index contributed by atoms with van der Waals surface area (Å²) >= 11 is 15.3. The third kappa shape index (κ3) is 5.07. The Morgan fingerprint density at radius 3 is 2.51 bits per heavy atom. The number of nitrogens with zero attached hydrogens (tertiary/aromatic N) is 3. The zero-order chi connectivity index (χ0) is 27.1. The monoisotopic (exact) mass is 576 g/mol. The van der Waals surface area contributed by atoms with Gasteiger partial charge in [-0.3, -0.25) is 4.79 Å². The van der Waals surface area contributed by atoms with Crippen LogP contribution in [0.2, 0.25) is 10.0 Å². The van der Waals surface area contributed by atoms with Crippen LogP contribution in [0, 0.1) is 6.92 Å². The predicted octanol–water partition coefficient (Wildman–Crippen LogP) is 8.14. The van der Waals surface area contributed by atoms with Crippen LogP contribution < -0.4 is 5.32 Å². The molecule has 198 valence electrons. The SMILES string of the molecule is CCSc1ccc2c(ccn2CC(=O)Nc2cc(Cl)c(C3(c4noc(-c5ccc(C)cc5)n4)CC3)c(Cl)c2)c1. The van der Waals surface area contributed by atoms with Gasteiger partial charge in [-0.1, -0.05) is 53.0 Å². The van der Waals surface area contributed by atoms with Gasteiger partial charge in [-0.15, -0.1) is 11.8 Å². The van der Waals surface area contributed by atoms with E-state index in [-0.39, 0.29) is 12.5 Å². The zero-order valence-electron chi connectivity index (χ0n) is 21.5. The van der Waals surface area contributed by atoms with E-state index >= 15 is 0 Å². The number of rotatable bonds is 8. The predicted molar refractivity (Wildman–Crippen MR) is 158 cm³/mol. The summed E-state index contributed by atoms with van der Waals surface area (Å²) in [5.74, 6) is 1.88. The minimum absolute atomic E-state index is 0.165. The van der Waals surface area contributed by atoms with E-state index in [1.807, 2.05) is 48.0 Å². The molecule has 1 aliphatic rings. The average Bonchev–Trinajstić information content (AvgIpc) is 3.35. The summed E-state index contributed by atoms with van der Waals surface area (Å²) in [6.07, 6.45) is 3.55. The summed E-state index contributed by atoms with van der Waals surface area (Å²) in [6.45, 7) is 4.34. The lowest BCUT2D eigenvalue weighted by atomic mass is 9.94. The molecule has 1 amide bonds. The first-order valence-electron chi connectivity index (χ1n) is 12.8. The molecule has 0 aliphatic heterocycles. The number of halogens is 2. The van der Waals surface area contributed by atoms with Gasteiger partial charge in [-0.2, -0.15) is 4.98 Å². The molecule has 1 aliphatic carbocycles. The van der Waals surface area contributed by atoms with Crippen LogP contribution in [0.25, 0.3) is 22.4 Å². The minimum Gasteiger partial charge on any atom is -0.338 e. The van der Waals surface area contributed by atoms with Crippen molar-refractivity contribution in [1.82, 2.24) is 14.7 Å². The summed E-state index contributed by atoms with van der Waals surface area (Å²) in [4.78, 5) is 18.8. The Hall–Kier alpha value is -3.26. The molecule has 0 saturated heterocycles. The maximum absolute atomic E-state index is 12.9. The van der Waals surface area contributed by atoms with Gasteiger partial charge in [0.05, 0.1) is 5.41 Å². The Balaban J connectivity index is 1.20. The van der Waals surface area contributed by atoms with Crippen molar-refractivity contribution >= 4 is 57.5 Å². The van der Waals surface area contributed by atoms with Crippen LogP contribution in [0.1, 0.15) is 36.7 Å². The number of carbonyl (C=O) groups is 1. The molecule has 6 rings (SSSR count). The molecule has 1 fully saturated rings. The van der Waals surface area contributed by atoms with E-state index < -0.39 is 5.41 Å². The Labute approximate surface area is 240 Å². The first-order valence-corrected chi connectivity index (χ1v) is 14.5. The number of anilines is 1. The van der Waals surface area contributed by atoms with Gasteiger partial charge in [0.1, 0.15) is 6.54 Å². The molecule has 5 aromatic rings. The van der Waals surface area contributed by atoms with Crippen LogP contribution in [0.5, 0.6) is 0 Å². The van der Waals surface area contributed by atoms with Crippen LogP contribution >= 0.6 is 35.0 Å². The fourth-order valence-corrected chi connectivity index (χ4v) is 6.53. The average molecular weight is 578 g/mol. The number of carbonyl (C=O) groups excluding carboxylic acids is 1. The molecule has 0 unspecified atom stereocenters. The van der Waals surface area contributed by atoms with Crippen molar-refractivity contribution in [3.8, 4) is 11.5 Å². The van der Waals surface area contributed by atoms with Crippen molar-refractivity contribution in [2.75, 3.05) is 11.1 Å². The molecule has 9 heteroatoms. The quantitative estimate of drug-likeness (QED) is 0.189. The van der Waals surface area contributed by atoms with Crippen molar-refractivity contribution < 1.29 is 9.32 Å². The molecule has 1 N–H and O–H groups in total. The standard InChI is InChI=1S/C30H26Cl2N4O2S/c1-3-39-22-8-9-25-20(14-22)10-13-36(25)17-26(37)33-21-15-23(31)27(24(32)16-21)30(11-12-30)29-34-28(38-35-29)19-6-4-18(2)5-7-19/h4-10,13-16H,3,11-12,17H2,1-2H3,(H,33,37). The molecular formula is C30H26Cl2N4O2S. The van der Waals surface area contributed by atoms with Gasteiger partial charge < -0.3 is 14.4 Å². The highest BCUT2D eigenvalue weighted by atomic mass is 35.5. The fourth-order valence-electron chi connectivity index (χ4n) is 4.97. The van der Waals surface area contributed by atoms with Crippen LogP contribution in [0.15, 0.2) is 76.3 Å². The number of fused-ring (bicyclic) bond motifs is 1. The van der Waals surface area contributed by atoms with Crippen LogP contribution in [-0.2, 0) is 16.8 Å². The van der Waals surface area contributed by atoms with E-state index in [2.05, 4.69) is 40.6 Å². The molecule has 0 spiro atoms. The van der Waals surface area contributed by atoms with Crippen molar-refractivity contribution in [2.24, 2.45) is 0 Å².